The molecule has 1 amide bonds. The smallest absolute Gasteiger partial charge is 0.270 e. The first kappa shape index (κ1) is 15.4. The maximum absolute atomic E-state index is 12.8. The topological polar surface area (TPSA) is 94.4 Å². The number of carbonyl (C=O) groups is 1. The highest BCUT2D eigenvalue weighted by molar-refractivity contribution is 7.17. The normalized spacial score (nSPS) is 16.2. The van der Waals surface area contributed by atoms with Crippen LogP contribution in [-0.2, 0) is 13.1 Å². The Bertz CT molecular complexity index is 853. The van der Waals surface area contributed by atoms with Crippen LogP contribution in [0.1, 0.15) is 34.4 Å². The number of hydrogen-bond acceptors (Lipinski definition) is 5. The van der Waals surface area contributed by atoms with E-state index in [9.17, 15) is 9.90 Å². The van der Waals surface area contributed by atoms with Crippen molar-refractivity contribution in [1.29, 1.82) is 0 Å². The predicted molar refractivity (Wildman–Crippen MR) is 89.8 cm³/mol. The van der Waals surface area contributed by atoms with Gasteiger partial charge in [0.15, 0.2) is 0 Å². The molecule has 3 N–H and O–H groups in total. The Morgan fingerprint density at radius 3 is 3.08 bits per heavy atom. The van der Waals surface area contributed by atoms with E-state index in [-0.39, 0.29) is 12.5 Å². The Morgan fingerprint density at radius 1 is 1.42 bits per heavy atom. The summed E-state index contributed by atoms with van der Waals surface area (Å²) in [4.78, 5) is 17.8. The minimum atomic E-state index is -0.983. The van der Waals surface area contributed by atoms with Gasteiger partial charge >= 0.3 is 0 Å². The summed E-state index contributed by atoms with van der Waals surface area (Å²) in [6.45, 7) is 1.43. The summed E-state index contributed by atoms with van der Waals surface area (Å²) < 4.78 is 2.89. The number of nitrogens with one attached hydrogen (secondary N) is 1. The molecule has 0 bridgehead atoms. The average molecular weight is 346 g/mol. The minimum absolute atomic E-state index is 0.0303. The van der Waals surface area contributed by atoms with Crippen molar-refractivity contribution >= 4 is 27.5 Å². The Labute approximate surface area is 142 Å². The maximum Gasteiger partial charge on any atom is 0.270 e. The number of aromatic amines is 1. The van der Waals surface area contributed by atoms with Gasteiger partial charge in [-0.1, -0.05) is 0 Å². The minimum Gasteiger partial charge on any atom is -0.393 e. The van der Waals surface area contributed by atoms with Crippen molar-refractivity contribution in [2.24, 2.45) is 0 Å². The van der Waals surface area contributed by atoms with Gasteiger partial charge in [0.1, 0.15) is 11.8 Å². The van der Waals surface area contributed by atoms with E-state index in [0.29, 0.717) is 31.0 Å². The van der Waals surface area contributed by atoms with Crippen molar-refractivity contribution in [1.82, 2.24) is 19.7 Å². The molecule has 126 valence electrons. The third-order valence-electron chi connectivity index (χ3n) is 4.30. The van der Waals surface area contributed by atoms with Gasteiger partial charge in [0, 0.05) is 13.1 Å². The Kier molecular flexibility index (Phi) is 3.87. The van der Waals surface area contributed by atoms with Crippen LogP contribution in [0.4, 0.5) is 0 Å². The fourth-order valence-electron chi connectivity index (χ4n) is 3.05. The molecule has 1 aliphatic heterocycles. The molecule has 1 unspecified atom stereocenters. The maximum atomic E-state index is 12.8. The Morgan fingerprint density at radius 2 is 2.29 bits per heavy atom. The zero-order valence-corrected chi connectivity index (χ0v) is 13.8. The van der Waals surface area contributed by atoms with Crippen LogP contribution in [-0.4, -0.2) is 48.9 Å². The number of nitrogens with zero attached hydrogens (tertiary/aromatic N) is 3. The Hall–Kier alpha value is -2.16. The van der Waals surface area contributed by atoms with Crippen LogP contribution in [0, 0.1) is 0 Å². The van der Waals surface area contributed by atoms with Crippen molar-refractivity contribution < 1.29 is 15.0 Å². The molecule has 8 heteroatoms. The fourth-order valence-corrected chi connectivity index (χ4v) is 3.83. The van der Waals surface area contributed by atoms with Crippen molar-refractivity contribution in [3.8, 4) is 0 Å². The van der Waals surface area contributed by atoms with Crippen LogP contribution in [0.5, 0.6) is 0 Å². The molecular formula is C16H18N4O3S. The number of amides is 1. The molecule has 0 aromatic carbocycles. The van der Waals surface area contributed by atoms with Crippen LogP contribution < -0.4 is 0 Å². The van der Waals surface area contributed by atoms with Gasteiger partial charge in [-0.15, -0.1) is 11.3 Å². The van der Waals surface area contributed by atoms with Gasteiger partial charge in [-0.05, 0) is 30.0 Å². The van der Waals surface area contributed by atoms with E-state index in [0.717, 1.165) is 22.3 Å². The number of carbonyl (C=O) groups excluding carboxylic acids is 1. The summed E-state index contributed by atoms with van der Waals surface area (Å²) in [6, 6.07) is 5.63. The summed E-state index contributed by atoms with van der Waals surface area (Å²) in [6.07, 6.45) is -0.187. The monoisotopic (exact) mass is 346 g/mol. The first-order valence-electron chi connectivity index (χ1n) is 7.87. The summed E-state index contributed by atoms with van der Waals surface area (Å²) in [7, 11) is 0. The molecule has 3 aromatic heterocycles. The van der Waals surface area contributed by atoms with Gasteiger partial charge in [0.05, 0.1) is 34.8 Å². The van der Waals surface area contributed by atoms with E-state index >= 15 is 0 Å². The highest BCUT2D eigenvalue weighted by atomic mass is 32.1. The summed E-state index contributed by atoms with van der Waals surface area (Å²) in [5.74, 6) is -0.0303. The molecule has 3 aromatic rings. The highest BCUT2D eigenvalue weighted by Gasteiger charge is 2.24. The first-order valence-corrected chi connectivity index (χ1v) is 8.74. The number of hydrogen-bond donors (Lipinski definition) is 3. The molecule has 0 saturated carbocycles. The van der Waals surface area contributed by atoms with E-state index in [4.69, 9.17) is 5.11 Å². The van der Waals surface area contributed by atoms with Gasteiger partial charge in [-0.25, -0.2) is 0 Å². The SMILES string of the molecule is O=C(c1cc2sccc2[nH]1)N1CCCn2nc(C(O)CO)cc2C1. The van der Waals surface area contributed by atoms with Crippen LogP contribution >= 0.6 is 11.3 Å². The second-order valence-electron chi connectivity index (χ2n) is 5.94. The molecule has 0 radical (unpaired) electrons. The van der Waals surface area contributed by atoms with Crippen molar-refractivity contribution in [3.63, 3.8) is 0 Å². The van der Waals surface area contributed by atoms with Crippen LogP contribution in [0.15, 0.2) is 23.6 Å². The van der Waals surface area contributed by atoms with Crippen LogP contribution in [0.2, 0.25) is 0 Å². The van der Waals surface area contributed by atoms with Crippen molar-refractivity contribution in [3.05, 3.63) is 40.7 Å². The van der Waals surface area contributed by atoms with Crippen molar-refractivity contribution in [2.75, 3.05) is 13.2 Å². The lowest BCUT2D eigenvalue weighted by Crippen LogP contribution is -2.30. The quantitative estimate of drug-likeness (QED) is 0.670. The standard InChI is InChI=1S/C16H18N4O3S/c21-9-14(22)12-6-10-8-19(3-1-4-20(10)18-12)16(23)13-7-15-11(17-13)2-5-24-15/h2,5-7,14,17,21-22H,1,3-4,8-9H2. The van der Waals surface area contributed by atoms with Gasteiger partial charge in [0.2, 0.25) is 0 Å². The lowest BCUT2D eigenvalue weighted by Gasteiger charge is -2.19. The van der Waals surface area contributed by atoms with E-state index in [1.165, 1.54) is 0 Å². The van der Waals surface area contributed by atoms with Gasteiger partial charge < -0.3 is 20.1 Å². The zero-order valence-electron chi connectivity index (χ0n) is 13.0. The predicted octanol–water partition coefficient (Wildman–Crippen LogP) is 1.50. The van der Waals surface area contributed by atoms with Gasteiger partial charge in [0.25, 0.3) is 5.91 Å². The van der Waals surface area contributed by atoms with E-state index in [1.54, 1.807) is 22.3 Å². The molecule has 24 heavy (non-hydrogen) atoms. The van der Waals surface area contributed by atoms with E-state index in [1.807, 2.05) is 22.2 Å². The largest absolute Gasteiger partial charge is 0.393 e. The molecular weight excluding hydrogens is 328 g/mol. The number of aryl methyl sites for hydroxylation is 1. The number of aliphatic hydroxyl groups excluding tert-OH is 2. The average Bonchev–Trinajstić information content (AvgIpc) is 3.25. The van der Waals surface area contributed by atoms with Crippen molar-refractivity contribution in [2.45, 2.75) is 25.6 Å². The molecule has 4 rings (SSSR count). The molecule has 4 heterocycles. The molecule has 0 fully saturated rings. The van der Waals surface area contributed by atoms with Crippen LogP contribution in [0.3, 0.4) is 0 Å². The zero-order chi connectivity index (χ0) is 16.7. The third-order valence-corrected chi connectivity index (χ3v) is 5.17. The number of fused-ring (bicyclic) bond motifs is 2. The second-order valence-corrected chi connectivity index (χ2v) is 6.89. The molecule has 0 saturated heterocycles. The number of H-pyrrole nitrogens is 1. The lowest BCUT2D eigenvalue weighted by atomic mass is 10.2. The molecule has 1 aliphatic rings. The fraction of sp³-hybridized carbons (Fsp3) is 0.375. The third kappa shape index (κ3) is 2.62. The van der Waals surface area contributed by atoms with Crippen LogP contribution in [0.25, 0.3) is 10.2 Å². The highest BCUT2D eigenvalue weighted by Crippen LogP contribution is 2.24. The Balaban J connectivity index is 1.58. The van der Waals surface area contributed by atoms with E-state index < -0.39 is 6.10 Å². The first-order chi connectivity index (χ1) is 11.7. The molecule has 7 nitrogen and oxygen atoms in total. The number of aliphatic hydroxyl groups is 2. The molecule has 1 atom stereocenters. The second kappa shape index (κ2) is 6.04. The van der Waals surface area contributed by atoms with Gasteiger partial charge in [-0.2, -0.15) is 5.10 Å². The van der Waals surface area contributed by atoms with E-state index in [2.05, 4.69) is 10.1 Å². The lowest BCUT2D eigenvalue weighted by molar-refractivity contribution is 0.0740. The molecule has 0 spiro atoms. The number of thiophene rings is 1. The number of rotatable bonds is 3. The molecule has 0 aliphatic carbocycles. The number of aromatic nitrogens is 3. The summed E-state index contributed by atoms with van der Waals surface area (Å²) in [5, 5.41) is 25.2. The summed E-state index contributed by atoms with van der Waals surface area (Å²) >= 11 is 1.61. The van der Waals surface area contributed by atoms with Gasteiger partial charge in [-0.3, -0.25) is 9.48 Å². The summed E-state index contributed by atoms with van der Waals surface area (Å²) in [5.41, 5.74) is 2.90.